The van der Waals surface area contributed by atoms with E-state index in [1.54, 1.807) is 18.2 Å². The van der Waals surface area contributed by atoms with Gasteiger partial charge in [-0.15, -0.1) is 0 Å². The molecule has 0 saturated heterocycles. The second-order valence-electron chi connectivity index (χ2n) is 6.01. The number of carbonyl (C=O) groups excluding carboxylic acids is 2. The third kappa shape index (κ3) is 4.41. The van der Waals surface area contributed by atoms with Crippen LogP contribution in [0.3, 0.4) is 0 Å². The van der Waals surface area contributed by atoms with Gasteiger partial charge in [0.2, 0.25) is 5.91 Å². The average Bonchev–Trinajstić information content (AvgIpc) is 2.52. The molecule has 0 saturated carbocycles. The van der Waals surface area contributed by atoms with E-state index in [0.29, 0.717) is 11.3 Å². The Morgan fingerprint density at radius 2 is 1.75 bits per heavy atom. The van der Waals surface area contributed by atoms with E-state index in [4.69, 9.17) is 0 Å². The highest BCUT2D eigenvalue weighted by molar-refractivity contribution is 6.01. The Bertz CT molecular complexity index is 744. The molecule has 2 amide bonds. The lowest BCUT2D eigenvalue weighted by molar-refractivity contribution is -0.118. The number of carbonyl (C=O) groups is 2. The summed E-state index contributed by atoms with van der Waals surface area (Å²) >= 11 is 0. The normalized spacial score (nSPS) is 11.9. The molecule has 0 fully saturated rings. The summed E-state index contributed by atoms with van der Waals surface area (Å²) < 4.78 is 13.2. The number of halogens is 1. The smallest absolute Gasteiger partial charge is 0.252 e. The lowest BCUT2D eigenvalue weighted by atomic mass is 10.0. The van der Waals surface area contributed by atoms with E-state index in [9.17, 15) is 14.0 Å². The average molecular weight is 328 g/mol. The summed E-state index contributed by atoms with van der Waals surface area (Å²) in [6.45, 7) is 5.52. The third-order valence-corrected chi connectivity index (χ3v) is 3.72. The van der Waals surface area contributed by atoms with Crippen LogP contribution in [0.5, 0.6) is 0 Å². The highest BCUT2D eigenvalue weighted by Crippen LogP contribution is 2.13. The molecule has 2 aromatic carbocycles. The minimum Gasteiger partial charge on any atom is -0.340 e. The maximum atomic E-state index is 13.2. The second kappa shape index (κ2) is 7.73. The summed E-state index contributed by atoms with van der Waals surface area (Å²) in [4.78, 5) is 24.9. The molecular formula is C19H21FN2O2. The number of hydrogen-bond acceptors (Lipinski definition) is 2. The van der Waals surface area contributed by atoms with Gasteiger partial charge in [0.25, 0.3) is 5.91 Å². The standard InChI is InChI=1S/C19H21FN2O2/c1-12(2)17(19(24)21-15-9-6-8-14(20)11-15)22-18(23)16-10-5-4-7-13(16)3/h4-12,17H,1-3H3,(H,21,24)(H,22,23)/t17-/m0/s1. The topological polar surface area (TPSA) is 58.2 Å². The van der Waals surface area contributed by atoms with Gasteiger partial charge >= 0.3 is 0 Å². The van der Waals surface area contributed by atoms with Crippen molar-refractivity contribution in [2.45, 2.75) is 26.8 Å². The quantitative estimate of drug-likeness (QED) is 0.882. The van der Waals surface area contributed by atoms with Gasteiger partial charge in [0.15, 0.2) is 0 Å². The van der Waals surface area contributed by atoms with Crippen LogP contribution in [0.15, 0.2) is 48.5 Å². The fourth-order valence-electron chi connectivity index (χ4n) is 2.37. The van der Waals surface area contributed by atoms with Crippen LogP contribution < -0.4 is 10.6 Å². The zero-order chi connectivity index (χ0) is 17.7. The Labute approximate surface area is 141 Å². The fraction of sp³-hybridized carbons (Fsp3) is 0.263. The van der Waals surface area contributed by atoms with Crippen LogP contribution in [0.1, 0.15) is 29.8 Å². The number of rotatable bonds is 5. The van der Waals surface area contributed by atoms with E-state index >= 15 is 0 Å². The maximum absolute atomic E-state index is 13.2. The zero-order valence-electron chi connectivity index (χ0n) is 14.0. The van der Waals surface area contributed by atoms with Crippen LogP contribution >= 0.6 is 0 Å². The Morgan fingerprint density at radius 3 is 2.38 bits per heavy atom. The Kier molecular flexibility index (Phi) is 5.68. The molecular weight excluding hydrogens is 307 g/mol. The van der Waals surface area contributed by atoms with Gasteiger partial charge in [-0.2, -0.15) is 0 Å². The summed E-state index contributed by atoms with van der Waals surface area (Å²) in [5.41, 5.74) is 1.72. The molecule has 0 aliphatic rings. The molecule has 2 rings (SSSR count). The fourth-order valence-corrected chi connectivity index (χ4v) is 2.37. The van der Waals surface area contributed by atoms with E-state index < -0.39 is 11.9 Å². The Balaban J connectivity index is 2.13. The zero-order valence-corrected chi connectivity index (χ0v) is 14.0. The first-order valence-electron chi connectivity index (χ1n) is 7.81. The maximum Gasteiger partial charge on any atom is 0.252 e. The van der Waals surface area contributed by atoms with Crippen LogP contribution in [-0.4, -0.2) is 17.9 Å². The van der Waals surface area contributed by atoms with Gasteiger partial charge in [-0.3, -0.25) is 9.59 Å². The van der Waals surface area contributed by atoms with Crippen molar-refractivity contribution in [3.63, 3.8) is 0 Å². The first-order chi connectivity index (χ1) is 11.4. The largest absolute Gasteiger partial charge is 0.340 e. The molecule has 126 valence electrons. The predicted molar refractivity (Wildman–Crippen MR) is 92.3 cm³/mol. The number of aryl methyl sites for hydroxylation is 1. The van der Waals surface area contributed by atoms with Gasteiger partial charge in [-0.25, -0.2) is 4.39 Å². The van der Waals surface area contributed by atoms with Gasteiger partial charge < -0.3 is 10.6 Å². The van der Waals surface area contributed by atoms with Gasteiger partial charge in [0.1, 0.15) is 11.9 Å². The van der Waals surface area contributed by atoms with Crippen LogP contribution in [0, 0.1) is 18.7 Å². The summed E-state index contributed by atoms with van der Waals surface area (Å²) in [5.74, 6) is -1.23. The first-order valence-corrected chi connectivity index (χ1v) is 7.81. The van der Waals surface area contributed by atoms with Crippen LogP contribution in [-0.2, 0) is 4.79 Å². The summed E-state index contributed by atoms with van der Waals surface area (Å²) in [6.07, 6.45) is 0. The van der Waals surface area contributed by atoms with Crippen molar-refractivity contribution >= 4 is 17.5 Å². The SMILES string of the molecule is Cc1ccccc1C(=O)N[C@H](C(=O)Nc1cccc(F)c1)C(C)C. The molecule has 2 aromatic rings. The molecule has 0 aromatic heterocycles. The lowest BCUT2D eigenvalue weighted by Crippen LogP contribution is -2.47. The predicted octanol–water partition coefficient (Wildman–Crippen LogP) is 3.53. The number of anilines is 1. The van der Waals surface area contributed by atoms with Crippen molar-refractivity contribution in [3.05, 3.63) is 65.5 Å². The molecule has 0 bridgehead atoms. The minimum absolute atomic E-state index is 0.119. The molecule has 24 heavy (non-hydrogen) atoms. The molecule has 1 atom stereocenters. The van der Waals surface area contributed by atoms with E-state index in [1.165, 1.54) is 18.2 Å². The van der Waals surface area contributed by atoms with Crippen molar-refractivity contribution in [2.24, 2.45) is 5.92 Å². The monoisotopic (exact) mass is 328 g/mol. The highest BCUT2D eigenvalue weighted by Gasteiger charge is 2.25. The Morgan fingerprint density at radius 1 is 1.04 bits per heavy atom. The van der Waals surface area contributed by atoms with Crippen molar-refractivity contribution < 1.29 is 14.0 Å². The van der Waals surface area contributed by atoms with Gasteiger partial charge in [-0.05, 0) is 42.7 Å². The minimum atomic E-state index is -0.722. The Hall–Kier alpha value is -2.69. The number of hydrogen-bond donors (Lipinski definition) is 2. The molecule has 0 aliphatic carbocycles. The number of nitrogens with one attached hydrogen (secondary N) is 2. The molecule has 0 spiro atoms. The summed E-state index contributed by atoms with van der Waals surface area (Å²) in [7, 11) is 0. The molecule has 2 N–H and O–H groups in total. The molecule has 0 unspecified atom stereocenters. The van der Waals surface area contributed by atoms with Crippen LogP contribution in [0.4, 0.5) is 10.1 Å². The molecule has 5 heteroatoms. The van der Waals surface area contributed by atoms with E-state index in [2.05, 4.69) is 10.6 Å². The number of amides is 2. The van der Waals surface area contributed by atoms with Crippen molar-refractivity contribution in [2.75, 3.05) is 5.32 Å². The molecule has 0 aliphatic heterocycles. The van der Waals surface area contributed by atoms with E-state index in [1.807, 2.05) is 32.9 Å². The van der Waals surface area contributed by atoms with Crippen LogP contribution in [0.25, 0.3) is 0 Å². The van der Waals surface area contributed by atoms with Crippen molar-refractivity contribution in [3.8, 4) is 0 Å². The van der Waals surface area contributed by atoms with Gasteiger partial charge in [-0.1, -0.05) is 38.1 Å². The molecule has 4 nitrogen and oxygen atoms in total. The van der Waals surface area contributed by atoms with Gasteiger partial charge in [0, 0.05) is 11.3 Å². The first kappa shape index (κ1) is 17.7. The molecule has 0 radical (unpaired) electrons. The summed E-state index contributed by atoms with van der Waals surface area (Å²) in [6, 6.07) is 12.1. The highest BCUT2D eigenvalue weighted by atomic mass is 19.1. The second-order valence-corrected chi connectivity index (χ2v) is 6.01. The summed E-state index contributed by atoms with van der Waals surface area (Å²) in [5, 5.41) is 5.41. The number of benzene rings is 2. The molecule has 0 heterocycles. The van der Waals surface area contributed by atoms with Crippen LogP contribution in [0.2, 0.25) is 0 Å². The van der Waals surface area contributed by atoms with Crippen molar-refractivity contribution in [1.29, 1.82) is 0 Å². The van der Waals surface area contributed by atoms with E-state index in [0.717, 1.165) is 5.56 Å². The van der Waals surface area contributed by atoms with Gasteiger partial charge in [0.05, 0.1) is 0 Å². The third-order valence-electron chi connectivity index (χ3n) is 3.72. The van der Waals surface area contributed by atoms with E-state index in [-0.39, 0.29) is 17.7 Å². The lowest BCUT2D eigenvalue weighted by Gasteiger charge is -2.22. The van der Waals surface area contributed by atoms with Crippen molar-refractivity contribution in [1.82, 2.24) is 5.32 Å².